The van der Waals surface area contributed by atoms with Crippen LogP contribution in [-0.2, 0) is 0 Å². The number of nitrogens with zero attached hydrogens (tertiary/aromatic N) is 2. The van der Waals surface area contributed by atoms with Crippen LogP contribution in [0.4, 0.5) is 0 Å². The van der Waals surface area contributed by atoms with Gasteiger partial charge in [-0.2, -0.15) is 0 Å². The van der Waals surface area contributed by atoms with Crippen molar-refractivity contribution >= 4 is 17.2 Å². The maximum Gasteiger partial charge on any atom is 0.265 e. The summed E-state index contributed by atoms with van der Waals surface area (Å²) < 4.78 is 0. The predicted molar refractivity (Wildman–Crippen MR) is 83.4 cm³/mol. The summed E-state index contributed by atoms with van der Waals surface area (Å²) in [5.41, 5.74) is 0.795. The molecule has 2 fully saturated rings. The molecule has 1 aromatic heterocycles. The van der Waals surface area contributed by atoms with Crippen molar-refractivity contribution in [2.24, 2.45) is 0 Å². The normalized spacial score (nSPS) is 19.2. The Morgan fingerprint density at radius 3 is 2.76 bits per heavy atom. The fourth-order valence-electron chi connectivity index (χ4n) is 2.66. The average Bonchev–Trinajstić information content (AvgIpc) is 3.26. The number of rotatable bonds is 3. The highest BCUT2D eigenvalue weighted by Gasteiger charge is 2.32. The van der Waals surface area contributed by atoms with Gasteiger partial charge in [-0.3, -0.25) is 9.69 Å². The third-order valence-electron chi connectivity index (χ3n) is 3.98. The zero-order chi connectivity index (χ0) is 14.7. The number of aliphatic hydroxyl groups excluding tert-OH is 1. The number of thiophene rings is 1. The Kier molecular flexibility index (Phi) is 4.59. The smallest absolute Gasteiger partial charge is 0.265 e. The molecule has 2 heterocycles. The van der Waals surface area contributed by atoms with Crippen LogP contribution in [0.15, 0.2) is 11.4 Å². The molecule has 0 unspecified atom stereocenters. The van der Waals surface area contributed by atoms with E-state index >= 15 is 0 Å². The standard InChI is InChI=1S/C16H20N2O2S/c19-11-2-1-3-13-6-12-21-15(13)16(20)18-9-7-17(8-10-18)14-4-5-14/h6,12,14,19H,2,4-5,7-11H2. The van der Waals surface area contributed by atoms with Gasteiger partial charge in [-0.25, -0.2) is 0 Å². The SMILES string of the molecule is O=C(c1sccc1C#CCCO)N1CCN(C2CC2)CC1. The lowest BCUT2D eigenvalue weighted by Crippen LogP contribution is -2.49. The Bertz CT molecular complexity index is 560. The molecule has 1 aliphatic carbocycles. The highest BCUT2D eigenvalue weighted by Crippen LogP contribution is 2.28. The highest BCUT2D eigenvalue weighted by atomic mass is 32.1. The Hall–Kier alpha value is -1.35. The second kappa shape index (κ2) is 6.61. The molecule has 0 atom stereocenters. The fourth-order valence-corrected chi connectivity index (χ4v) is 3.48. The number of carbonyl (C=O) groups is 1. The highest BCUT2D eigenvalue weighted by molar-refractivity contribution is 7.12. The van der Waals surface area contributed by atoms with Crippen LogP contribution in [-0.4, -0.2) is 59.6 Å². The number of aliphatic hydroxyl groups is 1. The van der Waals surface area contributed by atoms with Crippen LogP contribution in [0.3, 0.4) is 0 Å². The third kappa shape index (κ3) is 3.46. The molecule has 1 N–H and O–H groups in total. The average molecular weight is 304 g/mol. The van der Waals surface area contributed by atoms with E-state index in [1.165, 1.54) is 24.2 Å². The second-order valence-electron chi connectivity index (χ2n) is 5.50. The molecule has 112 valence electrons. The van der Waals surface area contributed by atoms with Gasteiger partial charge in [-0.05, 0) is 24.3 Å². The summed E-state index contributed by atoms with van der Waals surface area (Å²) in [6.45, 7) is 3.68. The van der Waals surface area contributed by atoms with Crippen molar-refractivity contribution < 1.29 is 9.90 Å². The molecular weight excluding hydrogens is 284 g/mol. The summed E-state index contributed by atoms with van der Waals surface area (Å²) in [4.78, 5) is 17.8. The van der Waals surface area contributed by atoms with Crippen LogP contribution in [0, 0.1) is 11.8 Å². The van der Waals surface area contributed by atoms with Crippen LogP contribution in [0.5, 0.6) is 0 Å². The van der Waals surface area contributed by atoms with Crippen LogP contribution in [0.1, 0.15) is 34.5 Å². The molecule has 1 saturated heterocycles. The van der Waals surface area contributed by atoms with Crippen molar-refractivity contribution in [3.63, 3.8) is 0 Å². The summed E-state index contributed by atoms with van der Waals surface area (Å²) in [6.07, 6.45) is 3.09. The predicted octanol–water partition coefficient (Wildman–Crippen LogP) is 1.40. The molecule has 21 heavy (non-hydrogen) atoms. The van der Waals surface area contributed by atoms with Gasteiger partial charge in [0.2, 0.25) is 0 Å². The van der Waals surface area contributed by atoms with E-state index < -0.39 is 0 Å². The van der Waals surface area contributed by atoms with E-state index in [-0.39, 0.29) is 12.5 Å². The van der Waals surface area contributed by atoms with E-state index in [1.807, 2.05) is 16.3 Å². The molecule has 1 amide bonds. The van der Waals surface area contributed by atoms with Crippen molar-refractivity contribution in [3.05, 3.63) is 21.9 Å². The molecule has 5 heteroatoms. The molecule has 1 aliphatic heterocycles. The van der Waals surface area contributed by atoms with Gasteiger partial charge in [0.15, 0.2) is 0 Å². The first kappa shape index (κ1) is 14.6. The lowest BCUT2D eigenvalue weighted by atomic mass is 10.2. The quantitative estimate of drug-likeness (QED) is 0.859. The molecule has 0 radical (unpaired) electrons. The molecule has 1 aromatic rings. The Balaban J connectivity index is 1.63. The third-order valence-corrected chi connectivity index (χ3v) is 4.89. The van der Waals surface area contributed by atoms with Gasteiger partial charge in [0.1, 0.15) is 4.88 Å². The molecule has 0 aromatic carbocycles. The van der Waals surface area contributed by atoms with E-state index in [0.717, 1.165) is 42.7 Å². The maximum atomic E-state index is 12.6. The fraction of sp³-hybridized carbons (Fsp3) is 0.562. The lowest BCUT2D eigenvalue weighted by Gasteiger charge is -2.34. The van der Waals surface area contributed by atoms with Crippen LogP contribution in [0.25, 0.3) is 0 Å². The minimum Gasteiger partial charge on any atom is -0.395 e. The van der Waals surface area contributed by atoms with Crippen molar-refractivity contribution in [3.8, 4) is 11.8 Å². The van der Waals surface area contributed by atoms with E-state index in [2.05, 4.69) is 16.7 Å². The van der Waals surface area contributed by atoms with Crippen LogP contribution in [0.2, 0.25) is 0 Å². The number of piperazine rings is 1. The van der Waals surface area contributed by atoms with Crippen molar-refractivity contribution in [1.82, 2.24) is 9.80 Å². The van der Waals surface area contributed by atoms with Crippen LogP contribution < -0.4 is 0 Å². The van der Waals surface area contributed by atoms with E-state index in [1.54, 1.807) is 0 Å². The molecule has 0 bridgehead atoms. The van der Waals surface area contributed by atoms with Gasteiger partial charge in [0.05, 0.1) is 6.61 Å². The largest absolute Gasteiger partial charge is 0.395 e. The van der Waals surface area contributed by atoms with Crippen LogP contribution >= 0.6 is 11.3 Å². The summed E-state index contributed by atoms with van der Waals surface area (Å²) in [6, 6.07) is 2.67. The Morgan fingerprint density at radius 2 is 2.10 bits per heavy atom. The molecule has 1 saturated carbocycles. The Morgan fingerprint density at radius 1 is 1.33 bits per heavy atom. The minimum absolute atomic E-state index is 0.0591. The molecular formula is C16H20N2O2S. The van der Waals surface area contributed by atoms with Gasteiger partial charge in [-0.15, -0.1) is 11.3 Å². The zero-order valence-electron chi connectivity index (χ0n) is 12.0. The summed E-state index contributed by atoms with van der Waals surface area (Å²) >= 11 is 1.46. The monoisotopic (exact) mass is 304 g/mol. The van der Waals surface area contributed by atoms with E-state index in [4.69, 9.17) is 5.11 Å². The van der Waals surface area contributed by atoms with Gasteiger partial charge >= 0.3 is 0 Å². The topological polar surface area (TPSA) is 43.8 Å². The Labute approximate surface area is 129 Å². The first-order valence-electron chi connectivity index (χ1n) is 7.50. The molecule has 2 aliphatic rings. The summed E-state index contributed by atoms with van der Waals surface area (Å²) in [5.74, 6) is 5.99. The number of hydrogen-bond acceptors (Lipinski definition) is 4. The number of hydrogen-bond donors (Lipinski definition) is 1. The maximum absolute atomic E-state index is 12.6. The number of amides is 1. The van der Waals surface area contributed by atoms with Crippen molar-refractivity contribution in [1.29, 1.82) is 0 Å². The lowest BCUT2D eigenvalue weighted by molar-refractivity contribution is 0.0632. The minimum atomic E-state index is 0.0591. The van der Waals surface area contributed by atoms with Gasteiger partial charge in [0, 0.05) is 44.2 Å². The number of carbonyl (C=O) groups excluding carboxylic acids is 1. The molecule has 0 spiro atoms. The summed E-state index contributed by atoms with van der Waals surface area (Å²) in [5, 5.41) is 10.7. The summed E-state index contributed by atoms with van der Waals surface area (Å²) in [7, 11) is 0. The first-order valence-corrected chi connectivity index (χ1v) is 8.38. The van der Waals surface area contributed by atoms with E-state index in [9.17, 15) is 4.79 Å². The van der Waals surface area contributed by atoms with Crippen molar-refractivity contribution in [2.45, 2.75) is 25.3 Å². The second-order valence-corrected chi connectivity index (χ2v) is 6.41. The van der Waals surface area contributed by atoms with Crippen molar-refractivity contribution in [2.75, 3.05) is 32.8 Å². The van der Waals surface area contributed by atoms with Gasteiger partial charge < -0.3 is 10.0 Å². The first-order chi connectivity index (χ1) is 10.3. The molecule has 4 nitrogen and oxygen atoms in total. The zero-order valence-corrected chi connectivity index (χ0v) is 12.9. The van der Waals surface area contributed by atoms with Gasteiger partial charge in [0.25, 0.3) is 5.91 Å². The van der Waals surface area contributed by atoms with E-state index in [0.29, 0.717) is 6.42 Å². The van der Waals surface area contributed by atoms with Gasteiger partial charge in [-0.1, -0.05) is 11.8 Å². The molecule has 3 rings (SSSR count).